The van der Waals surface area contributed by atoms with Gasteiger partial charge in [-0.15, -0.1) is 4.68 Å². The Morgan fingerprint density at radius 1 is 1.32 bits per heavy atom. The minimum Gasteiger partial charge on any atom is -0.440 e. The van der Waals surface area contributed by atoms with Gasteiger partial charge in [0, 0.05) is 12.5 Å². The van der Waals surface area contributed by atoms with Crippen molar-refractivity contribution in [1.29, 1.82) is 0 Å². The van der Waals surface area contributed by atoms with Crippen LogP contribution in [0.25, 0.3) is 11.0 Å². The maximum atomic E-state index is 12.4. The van der Waals surface area contributed by atoms with E-state index in [1.807, 2.05) is 0 Å². The van der Waals surface area contributed by atoms with Crippen molar-refractivity contribution in [2.75, 3.05) is 6.54 Å². The lowest BCUT2D eigenvalue weighted by Crippen LogP contribution is -2.31. The third-order valence-corrected chi connectivity index (χ3v) is 4.23. The molecule has 8 nitrogen and oxygen atoms in total. The summed E-state index contributed by atoms with van der Waals surface area (Å²) in [6.45, 7) is 0.265. The summed E-state index contributed by atoms with van der Waals surface area (Å²) in [4.78, 5) is 24.4. The van der Waals surface area contributed by atoms with Gasteiger partial charge in [-0.2, -0.15) is 10.2 Å². The highest BCUT2D eigenvalue weighted by Gasteiger charge is 2.20. The fraction of sp³-hybridized carbons (Fsp3) is 0.200. The molecule has 1 unspecified atom stereocenters. The highest BCUT2D eigenvalue weighted by molar-refractivity contribution is 6.42. The van der Waals surface area contributed by atoms with Crippen LogP contribution in [0.4, 0.5) is 4.79 Å². The Balaban J connectivity index is 1.90. The summed E-state index contributed by atoms with van der Waals surface area (Å²) < 4.78 is 6.05. The number of nitrogens with one attached hydrogen (secondary N) is 1. The number of nitrogens with two attached hydrogens (primary N) is 1. The van der Waals surface area contributed by atoms with E-state index < -0.39 is 17.8 Å². The summed E-state index contributed by atoms with van der Waals surface area (Å²) in [7, 11) is 0. The zero-order valence-electron chi connectivity index (χ0n) is 12.8. The van der Waals surface area contributed by atoms with Crippen LogP contribution in [-0.4, -0.2) is 32.6 Å². The van der Waals surface area contributed by atoms with E-state index in [0.717, 1.165) is 0 Å². The van der Waals surface area contributed by atoms with Crippen molar-refractivity contribution in [3.63, 3.8) is 0 Å². The van der Waals surface area contributed by atoms with Crippen LogP contribution in [0.2, 0.25) is 10.0 Å². The highest BCUT2D eigenvalue weighted by Crippen LogP contribution is 2.28. The first-order chi connectivity index (χ1) is 12.0. The van der Waals surface area contributed by atoms with Crippen LogP contribution in [0.1, 0.15) is 18.1 Å². The number of aromatic amines is 1. The van der Waals surface area contributed by atoms with Gasteiger partial charge in [0.15, 0.2) is 0 Å². The molecule has 0 aliphatic rings. The topological polar surface area (TPSA) is 116 Å². The highest BCUT2D eigenvalue weighted by atomic mass is 35.5. The van der Waals surface area contributed by atoms with Gasteiger partial charge in [0.25, 0.3) is 5.56 Å². The van der Waals surface area contributed by atoms with Crippen LogP contribution in [0.3, 0.4) is 0 Å². The van der Waals surface area contributed by atoms with Crippen molar-refractivity contribution in [3.8, 4) is 0 Å². The lowest BCUT2D eigenvalue weighted by atomic mass is 10.1. The van der Waals surface area contributed by atoms with E-state index in [4.69, 9.17) is 33.7 Å². The molecule has 3 N–H and O–H groups in total. The van der Waals surface area contributed by atoms with Crippen LogP contribution >= 0.6 is 23.2 Å². The summed E-state index contributed by atoms with van der Waals surface area (Å²) in [6.07, 6.45) is 0.125. The number of rotatable bonds is 4. The molecule has 0 spiro atoms. The van der Waals surface area contributed by atoms with Gasteiger partial charge in [0.1, 0.15) is 11.6 Å². The molecule has 0 aliphatic carbocycles. The molecule has 1 atom stereocenters. The number of carbonyl (C=O) groups is 1. The number of hydrogen-bond acceptors (Lipinski definition) is 6. The molecule has 1 aromatic carbocycles. The number of benzene rings is 1. The van der Waals surface area contributed by atoms with Crippen molar-refractivity contribution in [2.45, 2.75) is 12.5 Å². The summed E-state index contributed by atoms with van der Waals surface area (Å²) >= 11 is 11.9. The van der Waals surface area contributed by atoms with E-state index in [1.165, 1.54) is 12.3 Å². The average molecular weight is 382 g/mol. The number of halogens is 2. The average Bonchev–Trinajstić information content (AvgIpc) is 3.03. The van der Waals surface area contributed by atoms with E-state index in [-0.39, 0.29) is 6.54 Å². The molecule has 0 fully saturated rings. The van der Waals surface area contributed by atoms with E-state index in [2.05, 4.69) is 15.3 Å². The smallest absolute Gasteiger partial charge is 0.438 e. The number of aromatic nitrogens is 4. The summed E-state index contributed by atoms with van der Waals surface area (Å²) in [5.41, 5.74) is 6.36. The molecule has 3 aromatic rings. The Labute approximate surface area is 151 Å². The van der Waals surface area contributed by atoms with Crippen LogP contribution in [0, 0.1) is 0 Å². The number of H-pyrrole nitrogens is 1. The molecular weight excluding hydrogens is 369 g/mol. The molecule has 130 valence electrons. The van der Waals surface area contributed by atoms with E-state index >= 15 is 0 Å². The largest absolute Gasteiger partial charge is 0.440 e. The molecule has 10 heteroatoms. The van der Waals surface area contributed by atoms with Crippen molar-refractivity contribution < 1.29 is 9.53 Å². The summed E-state index contributed by atoms with van der Waals surface area (Å²) in [6, 6.07) is 6.08. The van der Waals surface area contributed by atoms with Gasteiger partial charge in [-0.1, -0.05) is 29.3 Å². The third-order valence-electron chi connectivity index (χ3n) is 3.49. The molecule has 2 aromatic heterocycles. The van der Waals surface area contributed by atoms with Crippen molar-refractivity contribution in [1.82, 2.24) is 20.0 Å². The van der Waals surface area contributed by atoms with Crippen molar-refractivity contribution in [3.05, 3.63) is 56.4 Å². The summed E-state index contributed by atoms with van der Waals surface area (Å²) in [5.74, 6) is 0. The Kier molecular flexibility index (Phi) is 5.03. The van der Waals surface area contributed by atoms with E-state index in [9.17, 15) is 9.59 Å². The van der Waals surface area contributed by atoms with Crippen molar-refractivity contribution >= 4 is 40.3 Å². The quantitative estimate of drug-likeness (QED) is 0.716. The lowest BCUT2D eigenvalue weighted by Gasteiger charge is -2.18. The Bertz CT molecular complexity index is 985. The Hall–Kier alpha value is -2.42. The first kappa shape index (κ1) is 17.4. The number of fused-ring (bicyclic) bond motifs is 1. The molecule has 2 heterocycles. The number of ether oxygens (including phenoxy) is 1. The fourth-order valence-corrected chi connectivity index (χ4v) is 2.58. The Morgan fingerprint density at radius 2 is 2.12 bits per heavy atom. The molecule has 0 amide bonds. The fourth-order valence-electron chi connectivity index (χ4n) is 2.28. The van der Waals surface area contributed by atoms with Gasteiger partial charge in [-0.3, -0.25) is 9.89 Å². The molecule has 0 saturated heterocycles. The van der Waals surface area contributed by atoms with Crippen LogP contribution in [0.15, 0.2) is 35.3 Å². The maximum absolute atomic E-state index is 12.4. The monoisotopic (exact) mass is 381 g/mol. The second-order valence-corrected chi connectivity index (χ2v) is 6.00. The normalized spacial score (nSPS) is 12.3. The summed E-state index contributed by atoms with van der Waals surface area (Å²) in [5, 5.41) is 11.0. The number of carbonyl (C=O) groups excluding carboxylic acids is 1. The van der Waals surface area contributed by atoms with Gasteiger partial charge in [0.05, 0.1) is 21.8 Å². The first-order valence-corrected chi connectivity index (χ1v) is 8.04. The van der Waals surface area contributed by atoms with Crippen LogP contribution in [0.5, 0.6) is 0 Å². The number of hydrogen-bond donors (Lipinski definition) is 2. The van der Waals surface area contributed by atoms with Crippen LogP contribution < -0.4 is 11.3 Å². The molecule has 0 bridgehead atoms. The predicted molar refractivity (Wildman–Crippen MR) is 92.9 cm³/mol. The van der Waals surface area contributed by atoms with Gasteiger partial charge in [-0.05, 0) is 24.2 Å². The zero-order valence-corrected chi connectivity index (χ0v) is 14.3. The Morgan fingerprint density at radius 3 is 2.84 bits per heavy atom. The zero-order chi connectivity index (χ0) is 18.0. The number of nitrogens with zero attached hydrogens (tertiary/aromatic N) is 3. The maximum Gasteiger partial charge on any atom is 0.438 e. The molecular formula is C15H13Cl2N5O3. The molecule has 0 aliphatic heterocycles. The first-order valence-electron chi connectivity index (χ1n) is 7.29. The second-order valence-electron chi connectivity index (χ2n) is 5.19. The SMILES string of the molecule is NCCC(OC(=O)n1nc2cn[nH]c2cc1=O)c1ccc(Cl)c(Cl)c1. The van der Waals surface area contributed by atoms with Gasteiger partial charge in [0.2, 0.25) is 0 Å². The molecule has 0 radical (unpaired) electrons. The van der Waals surface area contributed by atoms with Crippen LogP contribution in [-0.2, 0) is 4.74 Å². The van der Waals surface area contributed by atoms with E-state index in [1.54, 1.807) is 18.2 Å². The third kappa shape index (κ3) is 3.65. The molecule has 25 heavy (non-hydrogen) atoms. The van der Waals surface area contributed by atoms with Crippen molar-refractivity contribution in [2.24, 2.45) is 5.73 Å². The molecule has 3 rings (SSSR count). The van der Waals surface area contributed by atoms with Gasteiger partial charge in [-0.25, -0.2) is 4.79 Å². The second kappa shape index (κ2) is 7.22. The van der Waals surface area contributed by atoms with Gasteiger partial charge < -0.3 is 10.5 Å². The minimum absolute atomic E-state index is 0.265. The standard InChI is InChI=1S/C15H13Cl2N5O3/c16-9-2-1-8(5-10(9)17)13(3-4-18)25-15(24)22-14(23)6-11-12(21-22)7-19-20-11/h1-2,5-7,13,20H,3-4,18H2. The predicted octanol–water partition coefficient (Wildman–Crippen LogP) is 2.50. The lowest BCUT2D eigenvalue weighted by molar-refractivity contribution is 0.0914. The molecule has 0 saturated carbocycles. The minimum atomic E-state index is -0.919. The van der Waals surface area contributed by atoms with Gasteiger partial charge >= 0.3 is 6.09 Å². The van der Waals surface area contributed by atoms with E-state index in [0.29, 0.717) is 37.7 Å².